The van der Waals surface area contributed by atoms with Gasteiger partial charge in [0.2, 0.25) is 10.0 Å². The third-order valence-electron chi connectivity index (χ3n) is 5.05. The summed E-state index contributed by atoms with van der Waals surface area (Å²) in [5.41, 5.74) is 3.50. The van der Waals surface area contributed by atoms with E-state index in [1.165, 1.54) is 10.6 Å². The van der Waals surface area contributed by atoms with E-state index in [-0.39, 0.29) is 17.9 Å². The van der Waals surface area contributed by atoms with E-state index >= 15 is 0 Å². The van der Waals surface area contributed by atoms with Crippen molar-refractivity contribution < 1.29 is 18.0 Å². The maximum atomic E-state index is 12.9. The summed E-state index contributed by atoms with van der Waals surface area (Å²) < 4.78 is 25.5. The largest absolute Gasteiger partial charge is 0.355 e. The van der Waals surface area contributed by atoms with Gasteiger partial charge in [-0.3, -0.25) is 13.9 Å². The van der Waals surface area contributed by atoms with E-state index in [9.17, 15) is 18.0 Å². The second-order valence-electron chi connectivity index (χ2n) is 7.39. The Morgan fingerprint density at radius 1 is 1.14 bits per heavy atom. The Morgan fingerprint density at radius 3 is 2.34 bits per heavy atom. The van der Waals surface area contributed by atoms with Crippen molar-refractivity contribution in [2.45, 2.75) is 25.9 Å². The van der Waals surface area contributed by atoms with Crippen LogP contribution in [-0.2, 0) is 23.0 Å². The summed E-state index contributed by atoms with van der Waals surface area (Å²) in [6.45, 7) is 2.26. The van der Waals surface area contributed by atoms with Gasteiger partial charge in [0.25, 0.3) is 11.8 Å². The topological polar surface area (TPSA) is 86.8 Å². The van der Waals surface area contributed by atoms with Crippen LogP contribution < -0.4 is 9.62 Å². The number of amides is 2. The number of carbonyl (C=O) groups is 2. The number of nitrogens with one attached hydrogen (secondary N) is 1. The molecule has 0 aromatic heterocycles. The summed E-state index contributed by atoms with van der Waals surface area (Å²) in [6.07, 6.45) is 1.77. The lowest BCUT2D eigenvalue weighted by Crippen LogP contribution is -2.34. The molecule has 2 amide bonds. The van der Waals surface area contributed by atoms with Gasteiger partial charge in [-0.2, -0.15) is 0 Å². The Balaban J connectivity index is 1.76. The molecule has 8 heteroatoms. The normalized spacial score (nSPS) is 15.7. The number of rotatable bonds is 5. The number of fused-ring (bicyclic) bond motifs is 1. The number of carbonyl (C=O) groups excluding carboxylic acids is 2. The van der Waals surface area contributed by atoms with Gasteiger partial charge in [-0.25, -0.2) is 8.42 Å². The van der Waals surface area contributed by atoms with Gasteiger partial charge in [0, 0.05) is 37.8 Å². The average Bonchev–Trinajstić information content (AvgIpc) is 3.02. The third kappa shape index (κ3) is 4.27. The zero-order valence-electron chi connectivity index (χ0n) is 17.0. The summed E-state index contributed by atoms with van der Waals surface area (Å²) in [4.78, 5) is 26.1. The van der Waals surface area contributed by atoms with E-state index in [0.29, 0.717) is 29.8 Å². The van der Waals surface area contributed by atoms with Gasteiger partial charge >= 0.3 is 0 Å². The number of nitrogens with zero attached hydrogens (tertiary/aromatic N) is 2. The highest BCUT2D eigenvalue weighted by atomic mass is 32.2. The molecule has 3 rings (SSSR count). The Hall–Kier alpha value is -2.87. The van der Waals surface area contributed by atoms with Crippen LogP contribution >= 0.6 is 0 Å². The highest BCUT2D eigenvalue weighted by molar-refractivity contribution is 7.92. The molecule has 154 valence electrons. The van der Waals surface area contributed by atoms with Crippen LogP contribution in [0.4, 0.5) is 5.69 Å². The highest BCUT2D eigenvalue weighted by Gasteiger charge is 2.33. The molecule has 0 saturated carbocycles. The van der Waals surface area contributed by atoms with E-state index in [4.69, 9.17) is 0 Å². The van der Waals surface area contributed by atoms with Crippen molar-refractivity contribution in [3.8, 4) is 0 Å². The summed E-state index contributed by atoms with van der Waals surface area (Å²) >= 11 is 0. The monoisotopic (exact) mass is 415 g/mol. The first-order valence-electron chi connectivity index (χ1n) is 9.30. The molecular formula is C21H25N3O4S. The summed E-state index contributed by atoms with van der Waals surface area (Å²) in [5, 5.41) is 2.57. The number of hydrogen-bond donors (Lipinski definition) is 1. The van der Waals surface area contributed by atoms with Gasteiger partial charge in [0.15, 0.2) is 0 Å². The lowest BCUT2D eigenvalue weighted by Gasteiger charge is -2.22. The Bertz CT molecular complexity index is 1050. The molecule has 0 bridgehead atoms. The van der Waals surface area contributed by atoms with Crippen LogP contribution in [0.2, 0.25) is 0 Å². The molecule has 1 atom stereocenters. The van der Waals surface area contributed by atoms with Gasteiger partial charge in [-0.1, -0.05) is 12.1 Å². The predicted molar refractivity (Wildman–Crippen MR) is 113 cm³/mol. The first-order valence-corrected chi connectivity index (χ1v) is 11.2. The van der Waals surface area contributed by atoms with Crippen molar-refractivity contribution in [1.82, 2.24) is 10.2 Å². The summed E-state index contributed by atoms with van der Waals surface area (Å²) in [6, 6.07) is 12.1. The van der Waals surface area contributed by atoms with Gasteiger partial charge in [-0.15, -0.1) is 0 Å². The van der Waals surface area contributed by atoms with Gasteiger partial charge in [0.05, 0.1) is 11.9 Å². The molecule has 1 aliphatic heterocycles. The number of benzene rings is 2. The zero-order chi connectivity index (χ0) is 21.3. The standard InChI is InChI=1S/C21H25N3O4S/c1-14-11-18-12-17(9-10-19(18)24(14)29(4,27)28)21(26)23(3)13-15-5-7-16(8-6-15)20(25)22-2/h5-10,12,14H,11,13H2,1-4H3,(H,22,25)/t14-/m0/s1. The second kappa shape index (κ2) is 7.87. The van der Waals surface area contributed by atoms with E-state index in [0.717, 1.165) is 11.1 Å². The van der Waals surface area contributed by atoms with E-state index in [1.807, 2.05) is 19.1 Å². The molecule has 1 aliphatic rings. The van der Waals surface area contributed by atoms with E-state index < -0.39 is 10.0 Å². The van der Waals surface area contributed by atoms with Crippen molar-refractivity contribution in [3.63, 3.8) is 0 Å². The van der Waals surface area contributed by atoms with Crippen molar-refractivity contribution in [2.75, 3.05) is 24.7 Å². The Labute approximate surface area is 171 Å². The molecule has 0 aliphatic carbocycles. The molecule has 0 unspecified atom stereocenters. The van der Waals surface area contributed by atoms with Crippen molar-refractivity contribution in [3.05, 3.63) is 64.7 Å². The van der Waals surface area contributed by atoms with Crippen LogP contribution in [0.3, 0.4) is 0 Å². The zero-order valence-corrected chi connectivity index (χ0v) is 17.8. The Morgan fingerprint density at radius 2 is 1.76 bits per heavy atom. The Kier molecular flexibility index (Phi) is 5.66. The average molecular weight is 416 g/mol. The third-order valence-corrected chi connectivity index (χ3v) is 6.32. The number of sulfonamides is 1. The van der Waals surface area contributed by atoms with Crippen LogP contribution in [0, 0.1) is 0 Å². The van der Waals surface area contributed by atoms with Crippen LogP contribution in [-0.4, -0.2) is 51.5 Å². The van der Waals surface area contributed by atoms with Crippen molar-refractivity contribution in [1.29, 1.82) is 0 Å². The first kappa shape index (κ1) is 20.9. The number of anilines is 1. The first-order chi connectivity index (χ1) is 13.6. The quantitative estimate of drug-likeness (QED) is 0.810. The minimum atomic E-state index is -3.36. The van der Waals surface area contributed by atoms with Crippen LogP contribution in [0.15, 0.2) is 42.5 Å². The molecule has 0 fully saturated rings. The molecule has 2 aromatic rings. The van der Waals surface area contributed by atoms with Crippen LogP contribution in [0.5, 0.6) is 0 Å². The molecule has 2 aromatic carbocycles. The molecule has 1 N–H and O–H groups in total. The minimum absolute atomic E-state index is 0.145. The van der Waals surface area contributed by atoms with Gasteiger partial charge in [-0.05, 0) is 54.8 Å². The molecule has 0 saturated heterocycles. The molecule has 7 nitrogen and oxygen atoms in total. The SMILES string of the molecule is CNC(=O)c1ccc(CN(C)C(=O)c2ccc3c(c2)C[C@H](C)N3S(C)(=O)=O)cc1. The van der Waals surface area contributed by atoms with E-state index in [2.05, 4.69) is 5.32 Å². The lowest BCUT2D eigenvalue weighted by molar-refractivity contribution is 0.0784. The van der Waals surface area contributed by atoms with Crippen LogP contribution in [0.25, 0.3) is 0 Å². The maximum absolute atomic E-state index is 12.9. The van der Waals surface area contributed by atoms with E-state index in [1.54, 1.807) is 49.3 Å². The van der Waals surface area contributed by atoms with Crippen molar-refractivity contribution in [2.24, 2.45) is 0 Å². The fraction of sp³-hybridized carbons (Fsp3) is 0.333. The van der Waals surface area contributed by atoms with Crippen LogP contribution in [0.1, 0.15) is 38.8 Å². The predicted octanol–water partition coefficient (Wildman–Crippen LogP) is 2.03. The fourth-order valence-corrected chi connectivity index (χ4v) is 4.98. The highest BCUT2D eigenvalue weighted by Crippen LogP contribution is 2.34. The maximum Gasteiger partial charge on any atom is 0.253 e. The molecular weight excluding hydrogens is 390 g/mol. The molecule has 0 radical (unpaired) electrons. The smallest absolute Gasteiger partial charge is 0.253 e. The second-order valence-corrected chi connectivity index (χ2v) is 9.25. The molecule has 29 heavy (non-hydrogen) atoms. The van der Waals surface area contributed by atoms with Gasteiger partial charge in [0.1, 0.15) is 0 Å². The number of hydrogen-bond acceptors (Lipinski definition) is 4. The van der Waals surface area contributed by atoms with Crippen molar-refractivity contribution >= 4 is 27.5 Å². The molecule has 1 heterocycles. The summed E-state index contributed by atoms with van der Waals surface area (Å²) in [5.74, 6) is -0.301. The lowest BCUT2D eigenvalue weighted by atomic mass is 10.1. The molecule has 0 spiro atoms. The van der Waals surface area contributed by atoms with Gasteiger partial charge < -0.3 is 10.2 Å². The fourth-order valence-electron chi connectivity index (χ4n) is 3.71. The minimum Gasteiger partial charge on any atom is -0.355 e. The summed E-state index contributed by atoms with van der Waals surface area (Å²) in [7, 11) is -0.0629.